The van der Waals surface area contributed by atoms with Gasteiger partial charge in [0.25, 0.3) is 0 Å². The summed E-state index contributed by atoms with van der Waals surface area (Å²) in [6, 6.07) is 17.2. The van der Waals surface area contributed by atoms with Crippen LogP contribution in [0.25, 0.3) is 11.4 Å². The molecule has 1 heterocycles. The van der Waals surface area contributed by atoms with Gasteiger partial charge in [0.05, 0.1) is 6.04 Å². The van der Waals surface area contributed by atoms with Crippen LogP contribution in [0.4, 0.5) is 5.69 Å². The number of hydrogen-bond acceptors (Lipinski definition) is 4. The van der Waals surface area contributed by atoms with Gasteiger partial charge in [0.1, 0.15) is 0 Å². The largest absolute Gasteiger partial charge is 0.378 e. The number of nitrogens with zero attached hydrogens (tertiary/aromatic N) is 2. The maximum atomic E-state index is 5.41. The van der Waals surface area contributed by atoms with Crippen molar-refractivity contribution >= 4 is 5.69 Å². The molecule has 1 N–H and O–H groups in total. The van der Waals surface area contributed by atoms with Crippen LogP contribution in [0.1, 0.15) is 57.7 Å². The monoisotopic (exact) mass is 363 g/mol. The minimum Gasteiger partial charge on any atom is -0.378 e. The number of benzene rings is 2. The fraction of sp³-hybridized carbons (Fsp3) is 0.391. The standard InChI is InChI=1S/C23H29N3O/c1-15(2)20(24-19-13-7-16(3)8-14-19)17-9-11-18(12-10-17)21-25-22(27-26-21)23(4,5)6/h7-15,20,24H,1-6H3. The van der Waals surface area contributed by atoms with Crippen LogP contribution in [0, 0.1) is 12.8 Å². The molecule has 0 amide bonds. The van der Waals surface area contributed by atoms with Crippen LogP contribution in [-0.2, 0) is 5.41 Å². The van der Waals surface area contributed by atoms with E-state index in [4.69, 9.17) is 4.52 Å². The zero-order valence-electron chi connectivity index (χ0n) is 17.1. The molecular formula is C23H29N3O. The summed E-state index contributed by atoms with van der Waals surface area (Å²) in [6.45, 7) is 12.8. The Morgan fingerprint density at radius 1 is 0.926 bits per heavy atom. The molecule has 0 bridgehead atoms. The van der Waals surface area contributed by atoms with E-state index < -0.39 is 0 Å². The summed E-state index contributed by atoms with van der Waals surface area (Å²) in [4.78, 5) is 4.54. The van der Waals surface area contributed by atoms with Crippen molar-refractivity contribution in [1.29, 1.82) is 0 Å². The summed E-state index contributed by atoms with van der Waals surface area (Å²) in [5.41, 5.74) is 4.47. The zero-order chi connectivity index (χ0) is 19.6. The number of nitrogens with one attached hydrogen (secondary N) is 1. The van der Waals surface area contributed by atoms with Gasteiger partial charge >= 0.3 is 0 Å². The van der Waals surface area contributed by atoms with E-state index in [2.05, 4.69) is 106 Å². The highest BCUT2D eigenvalue weighted by Gasteiger charge is 2.22. The zero-order valence-corrected chi connectivity index (χ0v) is 17.1. The van der Waals surface area contributed by atoms with Gasteiger partial charge in [-0.1, -0.05) is 81.7 Å². The summed E-state index contributed by atoms with van der Waals surface area (Å²) in [7, 11) is 0. The van der Waals surface area contributed by atoms with Gasteiger partial charge in [-0.3, -0.25) is 0 Å². The second kappa shape index (κ2) is 7.55. The number of anilines is 1. The molecule has 0 fully saturated rings. The Bertz CT molecular complexity index is 871. The molecule has 27 heavy (non-hydrogen) atoms. The first-order valence-corrected chi connectivity index (χ1v) is 9.52. The Kier molecular flexibility index (Phi) is 5.36. The third-order valence-electron chi connectivity index (χ3n) is 4.64. The normalized spacial score (nSPS) is 13.0. The fourth-order valence-corrected chi connectivity index (χ4v) is 2.95. The predicted molar refractivity (Wildman–Crippen MR) is 111 cm³/mol. The Hall–Kier alpha value is -2.62. The second-order valence-corrected chi connectivity index (χ2v) is 8.53. The molecule has 142 valence electrons. The van der Waals surface area contributed by atoms with Crippen molar-refractivity contribution in [2.24, 2.45) is 5.92 Å². The first kappa shape index (κ1) is 19.2. The summed E-state index contributed by atoms with van der Waals surface area (Å²) in [6.07, 6.45) is 0. The van der Waals surface area contributed by atoms with Crippen LogP contribution in [0.2, 0.25) is 0 Å². The molecule has 0 aliphatic rings. The third kappa shape index (κ3) is 4.57. The quantitative estimate of drug-likeness (QED) is 0.590. The lowest BCUT2D eigenvalue weighted by molar-refractivity contribution is 0.321. The second-order valence-electron chi connectivity index (χ2n) is 8.53. The van der Waals surface area contributed by atoms with Gasteiger partial charge in [-0.2, -0.15) is 4.98 Å². The molecule has 3 rings (SSSR count). The minimum absolute atomic E-state index is 0.147. The molecule has 2 aromatic carbocycles. The molecule has 4 nitrogen and oxygen atoms in total. The lowest BCUT2D eigenvalue weighted by Gasteiger charge is -2.24. The van der Waals surface area contributed by atoms with Gasteiger partial charge in [0, 0.05) is 16.7 Å². The lowest BCUT2D eigenvalue weighted by Crippen LogP contribution is -2.16. The number of rotatable bonds is 5. The molecule has 0 saturated heterocycles. The van der Waals surface area contributed by atoms with Crippen LogP contribution < -0.4 is 5.32 Å². The van der Waals surface area contributed by atoms with Crippen molar-refractivity contribution in [2.45, 2.75) is 53.0 Å². The van der Waals surface area contributed by atoms with E-state index in [1.54, 1.807) is 0 Å². The van der Waals surface area contributed by atoms with Crippen LogP contribution >= 0.6 is 0 Å². The topological polar surface area (TPSA) is 51.0 Å². The van der Waals surface area contributed by atoms with E-state index in [1.807, 2.05) is 0 Å². The van der Waals surface area contributed by atoms with Crippen molar-refractivity contribution < 1.29 is 4.52 Å². The molecule has 4 heteroatoms. The van der Waals surface area contributed by atoms with Crippen molar-refractivity contribution in [3.8, 4) is 11.4 Å². The van der Waals surface area contributed by atoms with Crippen LogP contribution in [-0.4, -0.2) is 10.1 Å². The highest BCUT2D eigenvalue weighted by Crippen LogP contribution is 2.29. The Morgan fingerprint density at radius 3 is 2.07 bits per heavy atom. The Morgan fingerprint density at radius 2 is 1.56 bits per heavy atom. The van der Waals surface area contributed by atoms with Gasteiger partial charge in [-0.15, -0.1) is 0 Å². The van der Waals surface area contributed by atoms with E-state index in [-0.39, 0.29) is 11.5 Å². The van der Waals surface area contributed by atoms with Gasteiger partial charge in [-0.05, 0) is 30.5 Å². The first-order valence-electron chi connectivity index (χ1n) is 9.52. The molecule has 0 radical (unpaired) electrons. The SMILES string of the molecule is Cc1ccc(NC(c2ccc(-c3noc(C(C)(C)C)n3)cc2)C(C)C)cc1. The molecule has 1 aromatic heterocycles. The maximum Gasteiger partial charge on any atom is 0.232 e. The van der Waals surface area contributed by atoms with Crippen molar-refractivity contribution in [1.82, 2.24) is 10.1 Å². The Balaban J connectivity index is 1.81. The highest BCUT2D eigenvalue weighted by atomic mass is 16.5. The molecule has 1 unspecified atom stereocenters. The summed E-state index contributed by atoms with van der Waals surface area (Å²) in [5, 5.41) is 7.79. The first-order chi connectivity index (χ1) is 12.7. The van der Waals surface area contributed by atoms with E-state index in [0.29, 0.717) is 17.6 Å². The van der Waals surface area contributed by atoms with Crippen molar-refractivity contribution in [3.63, 3.8) is 0 Å². The molecule has 0 aliphatic heterocycles. The molecule has 1 atom stereocenters. The van der Waals surface area contributed by atoms with E-state index in [1.165, 1.54) is 11.1 Å². The minimum atomic E-state index is -0.147. The van der Waals surface area contributed by atoms with Crippen LogP contribution in [0.15, 0.2) is 53.1 Å². The van der Waals surface area contributed by atoms with Gasteiger partial charge in [0.15, 0.2) is 0 Å². The molecule has 3 aromatic rings. The van der Waals surface area contributed by atoms with E-state index >= 15 is 0 Å². The average Bonchev–Trinajstić information content (AvgIpc) is 3.12. The van der Waals surface area contributed by atoms with E-state index in [0.717, 1.165) is 11.3 Å². The molecule has 0 saturated carbocycles. The third-order valence-corrected chi connectivity index (χ3v) is 4.64. The van der Waals surface area contributed by atoms with Crippen LogP contribution in [0.5, 0.6) is 0 Å². The smallest absolute Gasteiger partial charge is 0.232 e. The summed E-state index contributed by atoms with van der Waals surface area (Å²) >= 11 is 0. The van der Waals surface area contributed by atoms with E-state index in [9.17, 15) is 0 Å². The highest BCUT2D eigenvalue weighted by molar-refractivity contribution is 5.56. The molecule has 0 spiro atoms. The number of hydrogen-bond donors (Lipinski definition) is 1. The molecule has 0 aliphatic carbocycles. The van der Waals surface area contributed by atoms with Crippen molar-refractivity contribution in [3.05, 3.63) is 65.5 Å². The van der Waals surface area contributed by atoms with Crippen molar-refractivity contribution in [2.75, 3.05) is 5.32 Å². The number of aryl methyl sites for hydroxylation is 1. The molecular weight excluding hydrogens is 334 g/mol. The number of aromatic nitrogens is 2. The lowest BCUT2D eigenvalue weighted by atomic mass is 9.94. The summed E-state index contributed by atoms with van der Waals surface area (Å²) < 4.78 is 5.41. The maximum absolute atomic E-state index is 5.41. The van der Waals surface area contributed by atoms with Crippen LogP contribution in [0.3, 0.4) is 0 Å². The fourth-order valence-electron chi connectivity index (χ4n) is 2.95. The van der Waals surface area contributed by atoms with Gasteiger partial charge in [0.2, 0.25) is 11.7 Å². The predicted octanol–water partition coefficient (Wildman–Crippen LogP) is 6.15. The summed E-state index contributed by atoms with van der Waals surface area (Å²) in [5.74, 6) is 1.75. The van der Waals surface area contributed by atoms with Gasteiger partial charge in [-0.25, -0.2) is 0 Å². The average molecular weight is 364 g/mol. The Labute approximate surface area is 162 Å². The van der Waals surface area contributed by atoms with Gasteiger partial charge < -0.3 is 9.84 Å².